The van der Waals surface area contributed by atoms with Crippen LogP contribution in [0.3, 0.4) is 0 Å². The highest BCUT2D eigenvalue weighted by molar-refractivity contribution is 6.22. The van der Waals surface area contributed by atoms with E-state index < -0.39 is 6.03 Å². The predicted molar refractivity (Wildman–Crippen MR) is 102 cm³/mol. The number of rotatable bonds is 6. The van der Waals surface area contributed by atoms with E-state index >= 15 is 0 Å². The molecule has 0 spiro atoms. The van der Waals surface area contributed by atoms with Gasteiger partial charge >= 0.3 is 6.03 Å². The average Bonchev–Trinajstić information content (AvgIpc) is 2.88. The monoisotopic (exact) mass is 368 g/mol. The Morgan fingerprint density at radius 3 is 2.33 bits per heavy atom. The van der Waals surface area contributed by atoms with E-state index in [0.717, 1.165) is 0 Å². The molecule has 0 bridgehead atoms. The van der Waals surface area contributed by atoms with Crippen LogP contribution in [0, 0.1) is 0 Å². The van der Waals surface area contributed by atoms with Crippen LogP contribution in [0.4, 0.5) is 21.9 Å². The van der Waals surface area contributed by atoms with E-state index in [9.17, 15) is 14.4 Å². The molecule has 1 heterocycles. The maximum absolute atomic E-state index is 12.5. The van der Waals surface area contributed by atoms with Crippen LogP contribution < -0.4 is 16.4 Å². The van der Waals surface area contributed by atoms with Gasteiger partial charge in [0, 0.05) is 37.3 Å². The van der Waals surface area contributed by atoms with Crippen LogP contribution in [-0.2, 0) is 4.74 Å². The van der Waals surface area contributed by atoms with E-state index in [2.05, 4.69) is 10.6 Å². The molecule has 1 aliphatic rings. The smallest absolute Gasteiger partial charge is 0.323 e. The number of carbonyl (C=O) groups is 3. The molecule has 4 amide bonds. The maximum atomic E-state index is 12.5. The lowest BCUT2D eigenvalue weighted by atomic mass is 10.1. The molecule has 140 valence electrons. The molecule has 0 aromatic heterocycles. The Kier molecular flexibility index (Phi) is 5.37. The van der Waals surface area contributed by atoms with Gasteiger partial charge in [-0.15, -0.1) is 0 Å². The van der Waals surface area contributed by atoms with Gasteiger partial charge in [-0.05, 0) is 48.9 Å². The molecule has 8 heteroatoms. The lowest BCUT2D eigenvalue weighted by molar-refractivity contribution is 0.0638. The fourth-order valence-electron chi connectivity index (χ4n) is 2.80. The second-order valence-electron chi connectivity index (χ2n) is 6.07. The quantitative estimate of drug-likeness (QED) is 0.412. The fraction of sp³-hybridized carbons (Fsp3) is 0.211. The predicted octanol–water partition coefficient (Wildman–Crippen LogP) is 2.55. The van der Waals surface area contributed by atoms with Crippen molar-refractivity contribution in [3.05, 3.63) is 53.6 Å². The molecule has 2 aromatic rings. The molecule has 0 unspecified atom stereocenters. The van der Waals surface area contributed by atoms with Crippen molar-refractivity contribution in [3.63, 3.8) is 0 Å². The molecule has 0 aliphatic carbocycles. The largest absolute Gasteiger partial charge is 0.399 e. The van der Waals surface area contributed by atoms with Crippen LogP contribution in [0.1, 0.15) is 27.1 Å². The molecular weight excluding hydrogens is 348 g/mol. The number of nitrogens with zero attached hydrogens (tertiary/aromatic N) is 1. The second kappa shape index (κ2) is 7.88. The van der Waals surface area contributed by atoms with Crippen LogP contribution in [0.2, 0.25) is 0 Å². The number of nitrogens with one attached hydrogen (secondary N) is 2. The summed E-state index contributed by atoms with van der Waals surface area (Å²) in [7, 11) is 1.57. The van der Waals surface area contributed by atoms with Gasteiger partial charge in [-0.3, -0.25) is 14.5 Å². The van der Waals surface area contributed by atoms with E-state index in [-0.39, 0.29) is 17.4 Å². The minimum absolute atomic E-state index is 0.280. The molecular formula is C19H20N4O4. The summed E-state index contributed by atoms with van der Waals surface area (Å²) in [6.07, 6.45) is 0.567. The van der Waals surface area contributed by atoms with Gasteiger partial charge in [0.1, 0.15) is 0 Å². The summed E-state index contributed by atoms with van der Waals surface area (Å²) in [5.74, 6) is -0.697. The molecule has 0 saturated carbocycles. The van der Waals surface area contributed by atoms with Crippen molar-refractivity contribution in [3.8, 4) is 0 Å². The molecule has 0 atom stereocenters. The highest BCUT2D eigenvalue weighted by Crippen LogP contribution is 2.26. The normalized spacial score (nSPS) is 12.9. The topological polar surface area (TPSA) is 114 Å². The van der Waals surface area contributed by atoms with Crippen molar-refractivity contribution >= 4 is 34.9 Å². The lowest BCUT2D eigenvalue weighted by Crippen LogP contribution is -2.31. The van der Waals surface area contributed by atoms with Crippen LogP contribution in [0.15, 0.2) is 42.5 Å². The highest BCUT2D eigenvalue weighted by atomic mass is 16.5. The number of anilines is 3. The van der Waals surface area contributed by atoms with Gasteiger partial charge in [0.15, 0.2) is 0 Å². The Bertz CT molecular complexity index is 880. The third kappa shape index (κ3) is 4.06. The van der Waals surface area contributed by atoms with Crippen molar-refractivity contribution in [1.29, 1.82) is 0 Å². The molecule has 0 saturated heterocycles. The van der Waals surface area contributed by atoms with Crippen LogP contribution in [0.25, 0.3) is 0 Å². The zero-order valence-electron chi connectivity index (χ0n) is 14.8. The first-order chi connectivity index (χ1) is 13.0. The van der Waals surface area contributed by atoms with Crippen molar-refractivity contribution in [2.24, 2.45) is 0 Å². The summed E-state index contributed by atoms with van der Waals surface area (Å²) < 4.78 is 4.96. The number of hydrogen-bond acceptors (Lipinski definition) is 5. The van der Waals surface area contributed by atoms with Crippen molar-refractivity contribution in [2.45, 2.75) is 6.42 Å². The molecule has 0 fully saturated rings. The zero-order chi connectivity index (χ0) is 19.4. The van der Waals surface area contributed by atoms with E-state index in [1.54, 1.807) is 43.5 Å². The number of carbonyl (C=O) groups excluding carboxylic acids is 3. The van der Waals surface area contributed by atoms with Gasteiger partial charge < -0.3 is 21.1 Å². The molecule has 1 aliphatic heterocycles. The van der Waals surface area contributed by atoms with Crippen molar-refractivity contribution < 1.29 is 19.1 Å². The van der Waals surface area contributed by atoms with E-state index in [4.69, 9.17) is 10.5 Å². The van der Waals surface area contributed by atoms with Gasteiger partial charge in [0.05, 0.1) is 11.1 Å². The standard InChI is InChI=1S/C19H20N4O4/c1-27-10-2-9-23-17(24)15-8-7-14(11-16(15)18(23)25)22-19(26)21-13-5-3-12(20)4-6-13/h3-8,11H,2,9-10,20H2,1H3,(H2,21,22,26). The molecule has 3 rings (SSSR count). The number of imide groups is 1. The maximum Gasteiger partial charge on any atom is 0.323 e. The highest BCUT2D eigenvalue weighted by Gasteiger charge is 2.35. The minimum atomic E-state index is -0.464. The third-order valence-corrected chi connectivity index (χ3v) is 4.13. The summed E-state index contributed by atoms with van der Waals surface area (Å²) in [4.78, 5) is 38.2. The van der Waals surface area contributed by atoms with Crippen molar-refractivity contribution in [1.82, 2.24) is 4.90 Å². The SMILES string of the molecule is COCCCN1C(=O)c2ccc(NC(=O)Nc3ccc(N)cc3)cc2C1=O. The van der Waals surface area contributed by atoms with Crippen molar-refractivity contribution in [2.75, 3.05) is 36.6 Å². The van der Waals surface area contributed by atoms with Gasteiger partial charge in [-0.25, -0.2) is 4.79 Å². The Morgan fingerprint density at radius 1 is 1.00 bits per heavy atom. The van der Waals surface area contributed by atoms with Crippen LogP contribution in [-0.4, -0.2) is 43.0 Å². The van der Waals surface area contributed by atoms with Gasteiger partial charge in [-0.1, -0.05) is 0 Å². The summed E-state index contributed by atoms with van der Waals surface area (Å²) in [6.45, 7) is 0.756. The van der Waals surface area contributed by atoms with Crippen LogP contribution >= 0.6 is 0 Å². The number of benzene rings is 2. The third-order valence-electron chi connectivity index (χ3n) is 4.13. The number of fused-ring (bicyclic) bond motifs is 1. The number of amides is 4. The Labute approximate surface area is 156 Å². The fourth-order valence-corrected chi connectivity index (χ4v) is 2.80. The number of nitrogen functional groups attached to an aromatic ring is 1. The lowest BCUT2D eigenvalue weighted by Gasteiger charge is -2.12. The minimum Gasteiger partial charge on any atom is -0.399 e. The Balaban J connectivity index is 1.68. The molecule has 4 N–H and O–H groups in total. The first kappa shape index (κ1) is 18.4. The molecule has 2 aromatic carbocycles. The van der Waals surface area contributed by atoms with Gasteiger partial charge in [0.25, 0.3) is 11.8 Å². The number of nitrogens with two attached hydrogens (primary N) is 1. The van der Waals surface area contributed by atoms with Gasteiger partial charge in [0.2, 0.25) is 0 Å². The molecule has 0 radical (unpaired) electrons. The first-order valence-electron chi connectivity index (χ1n) is 8.42. The first-order valence-corrected chi connectivity index (χ1v) is 8.42. The molecule has 8 nitrogen and oxygen atoms in total. The summed E-state index contributed by atoms with van der Waals surface area (Å²) in [6, 6.07) is 10.9. The molecule has 27 heavy (non-hydrogen) atoms. The van der Waals surface area contributed by atoms with Gasteiger partial charge in [-0.2, -0.15) is 0 Å². The van der Waals surface area contributed by atoms with E-state index in [0.29, 0.717) is 42.2 Å². The summed E-state index contributed by atoms with van der Waals surface area (Å²) >= 11 is 0. The van der Waals surface area contributed by atoms with E-state index in [1.807, 2.05) is 0 Å². The number of methoxy groups -OCH3 is 1. The number of ether oxygens (including phenoxy) is 1. The second-order valence-corrected chi connectivity index (χ2v) is 6.07. The van der Waals surface area contributed by atoms with Crippen LogP contribution in [0.5, 0.6) is 0 Å². The summed E-state index contributed by atoms with van der Waals surface area (Å²) in [5.41, 5.74) is 7.82. The Hall–Kier alpha value is -3.39. The summed E-state index contributed by atoms with van der Waals surface area (Å²) in [5, 5.41) is 5.32. The number of hydrogen-bond donors (Lipinski definition) is 3. The average molecular weight is 368 g/mol. The zero-order valence-corrected chi connectivity index (χ0v) is 14.8. The van der Waals surface area contributed by atoms with E-state index in [1.165, 1.54) is 11.0 Å². The Morgan fingerprint density at radius 2 is 1.63 bits per heavy atom. The number of urea groups is 1.